The van der Waals surface area contributed by atoms with E-state index in [-0.39, 0.29) is 11.9 Å². The molecule has 2 rings (SSSR count). The zero-order chi connectivity index (χ0) is 8.55. The highest BCUT2D eigenvalue weighted by Crippen LogP contribution is 2.43. The summed E-state index contributed by atoms with van der Waals surface area (Å²) in [5, 5.41) is 0. The second-order valence-corrected chi connectivity index (χ2v) is 3.64. The zero-order valence-electron chi connectivity index (χ0n) is 7.32. The van der Waals surface area contributed by atoms with Crippen LogP contribution in [0.25, 0.3) is 0 Å². The van der Waals surface area contributed by atoms with Crippen LogP contribution in [0.15, 0.2) is 12.2 Å². The average molecular weight is 166 g/mol. The Kier molecular flexibility index (Phi) is 1.91. The Morgan fingerprint density at radius 2 is 2.33 bits per heavy atom. The molecular weight excluding hydrogens is 152 g/mol. The Balaban J connectivity index is 1.98. The summed E-state index contributed by atoms with van der Waals surface area (Å²) in [6, 6.07) is 0. The van der Waals surface area contributed by atoms with E-state index in [1.54, 1.807) is 0 Å². The third-order valence-electron chi connectivity index (χ3n) is 2.87. The molecule has 12 heavy (non-hydrogen) atoms. The van der Waals surface area contributed by atoms with Crippen LogP contribution in [0.4, 0.5) is 0 Å². The van der Waals surface area contributed by atoms with Crippen LogP contribution in [0, 0.1) is 17.8 Å². The predicted molar refractivity (Wildman–Crippen MR) is 45.5 cm³/mol. The van der Waals surface area contributed by atoms with Gasteiger partial charge in [0.1, 0.15) is 0 Å². The molecule has 0 aliphatic heterocycles. The molecule has 2 nitrogen and oxygen atoms in total. The molecule has 0 amide bonds. The lowest BCUT2D eigenvalue weighted by Crippen LogP contribution is -2.21. The summed E-state index contributed by atoms with van der Waals surface area (Å²) in [6.45, 7) is 2.37. The lowest BCUT2D eigenvalue weighted by molar-refractivity contribution is -0.148. The number of rotatable bonds is 2. The van der Waals surface area contributed by atoms with Gasteiger partial charge in [-0.15, -0.1) is 0 Å². The van der Waals surface area contributed by atoms with Crippen molar-refractivity contribution < 1.29 is 9.53 Å². The fraction of sp³-hybridized carbons (Fsp3) is 0.700. The Morgan fingerprint density at radius 1 is 1.50 bits per heavy atom. The normalized spacial score (nSPS) is 37.2. The molecule has 3 atom stereocenters. The third-order valence-corrected chi connectivity index (χ3v) is 2.87. The molecule has 1 fully saturated rings. The molecule has 1 saturated carbocycles. The van der Waals surface area contributed by atoms with Gasteiger partial charge < -0.3 is 4.74 Å². The summed E-state index contributed by atoms with van der Waals surface area (Å²) in [4.78, 5) is 11.4. The highest BCUT2D eigenvalue weighted by atomic mass is 16.5. The monoisotopic (exact) mass is 166 g/mol. The minimum atomic E-state index is 0.00866. The van der Waals surface area contributed by atoms with E-state index in [0.717, 1.165) is 6.42 Å². The van der Waals surface area contributed by atoms with Gasteiger partial charge in [-0.3, -0.25) is 4.79 Å². The Hall–Kier alpha value is -0.790. The van der Waals surface area contributed by atoms with E-state index >= 15 is 0 Å². The summed E-state index contributed by atoms with van der Waals surface area (Å²) in [6.07, 6.45) is 6.60. The van der Waals surface area contributed by atoms with Crippen LogP contribution in [0.1, 0.15) is 19.8 Å². The number of hydrogen-bond acceptors (Lipinski definition) is 2. The minimum absolute atomic E-state index is 0.00866. The van der Waals surface area contributed by atoms with Crippen LogP contribution in [-0.2, 0) is 9.53 Å². The molecule has 2 aliphatic rings. The van der Waals surface area contributed by atoms with Gasteiger partial charge in [0, 0.05) is 0 Å². The summed E-state index contributed by atoms with van der Waals surface area (Å²) < 4.78 is 5.01. The topological polar surface area (TPSA) is 26.3 Å². The van der Waals surface area contributed by atoms with Gasteiger partial charge in [-0.25, -0.2) is 0 Å². The van der Waals surface area contributed by atoms with Crippen molar-refractivity contribution in [1.82, 2.24) is 0 Å². The van der Waals surface area contributed by atoms with Crippen LogP contribution in [0.3, 0.4) is 0 Å². The van der Waals surface area contributed by atoms with Crippen molar-refractivity contribution in [3.8, 4) is 0 Å². The lowest BCUT2D eigenvalue weighted by atomic mass is 9.94. The number of fused-ring (bicyclic) bond motifs is 2. The molecule has 3 unspecified atom stereocenters. The predicted octanol–water partition coefficient (Wildman–Crippen LogP) is 1.76. The Labute approximate surface area is 72.6 Å². The van der Waals surface area contributed by atoms with Gasteiger partial charge in [0.2, 0.25) is 0 Å². The molecule has 0 aromatic rings. The highest BCUT2D eigenvalue weighted by Gasteiger charge is 2.40. The molecule has 0 saturated heterocycles. The first-order valence-corrected chi connectivity index (χ1v) is 4.66. The van der Waals surface area contributed by atoms with Gasteiger partial charge in [-0.1, -0.05) is 12.2 Å². The molecule has 2 heteroatoms. The van der Waals surface area contributed by atoms with Crippen molar-refractivity contribution >= 4 is 5.97 Å². The smallest absolute Gasteiger partial charge is 0.309 e. The van der Waals surface area contributed by atoms with Gasteiger partial charge >= 0.3 is 5.97 Å². The molecule has 0 radical (unpaired) electrons. The quantitative estimate of drug-likeness (QED) is 0.461. The average Bonchev–Trinajstić information content (AvgIpc) is 2.64. The summed E-state index contributed by atoms with van der Waals surface area (Å²) in [5.74, 6) is 1.31. The summed E-state index contributed by atoms with van der Waals surface area (Å²) in [7, 11) is 0. The first-order chi connectivity index (χ1) is 5.81. The maximum Gasteiger partial charge on any atom is 0.309 e. The Morgan fingerprint density at radius 3 is 2.83 bits per heavy atom. The lowest BCUT2D eigenvalue weighted by Gasteiger charge is -2.15. The number of hydrogen-bond donors (Lipinski definition) is 0. The van der Waals surface area contributed by atoms with Crippen LogP contribution >= 0.6 is 0 Å². The van der Waals surface area contributed by atoms with E-state index in [1.165, 1.54) is 6.42 Å². The van der Waals surface area contributed by atoms with Gasteiger partial charge in [-0.05, 0) is 31.6 Å². The molecular formula is C10H14O2. The second-order valence-electron chi connectivity index (χ2n) is 3.64. The maximum absolute atomic E-state index is 11.4. The SMILES string of the molecule is CCOC(=O)C1CC2C=CC1C2. The summed E-state index contributed by atoms with van der Waals surface area (Å²) in [5.41, 5.74) is 0. The van der Waals surface area contributed by atoms with Crippen molar-refractivity contribution in [3.63, 3.8) is 0 Å². The number of allylic oxidation sites excluding steroid dienone is 2. The minimum Gasteiger partial charge on any atom is -0.466 e. The summed E-state index contributed by atoms with van der Waals surface area (Å²) >= 11 is 0. The van der Waals surface area contributed by atoms with Gasteiger partial charge in [0.05, 0.1) is 12.5 Å². The van der Waals surface area contributed by atoms with Crippen molar-refractivity contribution in [1.29, 1.82) is 0 Å². The van der Waals surface area contributed by atoms with Crippen molar-refractivity contribution in [2.75, 3.05) is 6.61 Å². The molecule has 2 aliphatic carbocycles. The van der Waals surface area contributed by atoms with Gasteiger partial charge in [0.15, 0.2) is 0 Å². The van der Waals surface area contributed by atoms with Crippen LogP contribution in [-0.4, -0.2) is 12.6 Å². The van der Waals surface area contributed by atoms with E-state index in [0.29, 0.717) is 18.4 Å². The number of ether oxygens (including phenoxy) is 1. The van der Waals surface area contributed by atoms with Crippen LogP contribution in [0.5, 0.6) is 0 Å². The Bertz CT molecular complexity index is 220. The zero-order valence-corrected chi connectivity index (χ0v) is 7.32. The van der Waals surface area contributed by atoms with E-state index in [4.69, 9.17) is 4.74 Å². The van der Waals surface area contributed by atoms with E-state index < -0.39 is 0 Å². The molecule has 0 N–H and O–H groups in total. The van der Waals surface area contributed by atoms with Gasteiger partial charge in [0.25, 0.3) is 0 Å². The van der Waals surface area contributed by atoms with Crippen molar-refractivity contribution in [3.05, 3.63) is 12.2 Å². The third kappa shape index (κ3) is 1.15. The van der Waals surface area contributed by atoms with Crippen molar-refractivity contribution in [2.45, 2.75) is 19.8 Å². The molecule has 0 aromatic heterocycles. The molecule has 0 spiro atoms. The van der Waals surface area contributed by atoms with Gasteiger partial charge in [-0.2, -0.15) is 0 Å². The van der Waals surface area contributed by atoms with Crippen LogP contribution in [0.2, 0.25) is 0 Å². The first kappa shape index (κ1) is 7.84. The van der Waals surface area contributed by atoms with E-state index in [9.17, 15) is 4.79 Å². The van der Waals surface area contributed by atoms with Crippen LogP contribution < -0.4 is 0 Å². The number of carbonyl (C=O) groups excluding carboxylic acids is 1. The molecule has 0 heterocycles. The number of esters is 1. The largest absolute Gasteiger partial charge is 0.466 e. The standard InChI is InChI=1S/C10H14O2/c1-2-12-10(11)9-6-7-3-4-8(9)5-7/h3-4,7-9H,2,5-6H2,1H3. The maximum atomic E-state index is 11.4. The van der Waals surface area contributed by atoms with E-state index in [2.05, 4.69) is 12.2 Å². The second kappa shape index (κ2) is 2.92. The van der Waals surface area contributed by atoms with Crippen molar-refractivity contribution in [2.24, 2.45) is 17.8 Å². The fourth-order valence-electron chi connectivity index (χ4n) is 2.30. The van der Waals surface area contributed by atoms with E-state index in [1.807, 2.05) is 6.92 Å². The molecule has 66 valence electrons. The fourth-order valence-corrected chi connectivity index (χ4v) is 2.30. The highest BCUT2D eigenvalue weighted by molar-refractivity contribution is 5.74. The molecule has 2 bridgehead atoms. The molecule has 0 aromatic carbocycles. The number of carbonyl (C=O) groups is 1. The first-order valence-electron chi connectivity index (χ1n) is 4.66.